The monoisotopic (exact) mass is 358 g/mol. The van der Waals surface area contributed by atoms with E-state index in [4.69, 9.17) is 0 Å². The number of aliphatic hydroxyl groups is 1. The van der Waals surface area contributed by atoms with Crippen molar-refractivity contribution in [1.29, 1.82) is 0 Å². The molecular weight excluding hydrogens is 339 g/mol. The fourth-order valence-electron chi connectivity index (χ4n) is 2.57. The topological polar surface area (TPSA) is 54.3 Å². The van der Waals surface area contributed by atoms with Crippen LogP contribution in [0.1, 0.15) is 11.7 Å². The van der Waals surface area contributed by atoms with E-state index in [9.17, 15) is 14.3 Å². The molecule has 0 saturated heterocycles. The van der Waals surface area contributed by atoms with Crippen LogP contribution in [0.3, 0.4) is 0 Å². The summed E-state index contributed by atoms with van der Waals surface area (Å²) in [7, 11) is 1.97. The molecule has 2 aromatic carbocycles. The largest absolute Gasteiger partial charge is 0.387 e. The quantitative estimate of drug-likeness (QED) is 0.665. The van der Waals surface area contributed by atoms with Crippen LogP contribution in [0.5, 0.6) is 0 Å². The van der Waals surface area contributed by atoms with E-state index in [0.717, 1.165) is 21.4 Å². The lowest BCUT2D eigenvalue weighted by molar-refractivity contribution is -0.119. The van der Waals surface area contributed by atoms with Gasteiger partial charge in [0.2, 0.25) is 5.91 Å². The third-order valence-corrected chi connectivity index (χ3v) is 4.98. The number of aromatic nitrogens is 1. The summed E-state index contributed by atoms with van der Waals surface area (Å²) in [6, 6.07) is 13.7. The molecular formula is C19H19FN2O2S. The second-order valence-electron chi connectivity index (χ2n) is 5.81. The van der Waals surface area contributed by atoms with Crippen LogP contribution in [0.2, 0.25) is 0 Å². The van der Waals surface area contributed by atoms with E-state index >= 15 is 0 Å². The molecule has 130 valence electrons. The zero-order chi connectivity index (χ0) is 17.8. The Morgan fingerprint density at radius 2 is 2.00 bits per heavy atom. The third kappa shape index (κ3) is 4.41. The van der Waals surface area contributed by atoms with E-state index in [1.807, 2.05) is 42.1 Å². The molecule has 3 aromatic rings. The van der Waals surface area contributed by atoms with Crippen molar-refractivity contribution in [2.45, 2.75) is 11.0 Å². The minimum Gasteiger partial charge on any atom is -0.387 e. The van der Waals surface area contributed by atoms with Crippen molar-refractivity contribution in [3.8, 4) is 0 Å². The molecule has 0 fully saturated rings. The van der Waals surface area contributed by atoms with Crippen molar-refractivity contribution < 1.29 is 14.3 Å². The van der Waals surface area contributed by atoms with Gasteiger partial charge >= 0.3 is 0 Å². The Morgan fingerprint density at radius 1 is 1.24 bits per heavy atom. The van der Waals surface area contributed by atoms with Gasteiger partial charge in [-0.1, -0.05) is 6.07 Å². The van der Waals surface area contributed by atoms with Crippen LogP contribution in [0.25, 0.3) is 10.9 Å². The summed E-state index contributed by atoms with van der Waals surface area (Å²) in [5.74, 6) is -0.253. The second-order valence-corrected chi connectivity index (χ2v) is 6.86. The van der Waals surface area contributed by atoms with E-state index in [-0.39, 0.29) is 24.0 Å². The number of rotatable bonds is 6. The lowest BCUT2D eigenvalue weighted by Gasteiger charge is -2.13. The molecule has 0 radical (unpaired) electrons. The predicted molar refractivity (Wildman–Crippen MR) is 98.0 cm³/mol. The zero-order valence-electron chi connectivity index (χ0n) is 13.8. The lowest BCUT2D eigenvalue weighted by atomic mass is 10.1. The highest BCUT2D eigenvalue weighted by Crippen LogP contribution is 2.21. The van der Waals surface area contributed by atoms with Crippen molar-refractivity contribution in [1.82, 2.24) is 9.88 Å². The molecule has 1 aromatic heterocycles. The van der Waals surface area contributed by atoms with Gasteiger partial charge in [0, 0.05) is 30.2 Å². The first kappa shape index (κ1) is 17.5. The number of nitrogens with one attached hydrogen (secondary N) is 1. The molecule has 1 atom stereocenters. The molecule has 25 heavy (non-hydrogen) atoms. The Hall–Kier alpha value is -2.31. The first-order chi connectivity index (χ1) is 12.0. The van der Waals surface area contributed by atoms with Gasteiger partial charge in [0.15, 0.2) is 0 Å². The highest BCUT2D eigenvalue weighted by atomic mass is 32.2. The predicted octanol–water partition coefficient (Wildman–Crippen LogP) is 3.26. The Balaban J connectivity index is 1.51. The summed E-state index contributed by atoms with van der Waals surface area (Å²) in [5, 5.41) is 14.1. The molecule has 1 heterocycles. The van der Waals surface area contributed by atoms with Crippen molar-refractivity contribution in [2.75, 3.05) is 12.3 Å². The number of benzene rings is 2. The average Bonchev–Trinajstić information content (AvgIpc) is 2.99. The van der Waals surface area contributed by atoms with Gasteiger partial charge < -0.3 is 15.0 Å². The molecule has 0 spiro atoms. The molecule has 2 N–H and O–H groups in total. The molecule has 0 aliphatic heterocycles. The van der Waals surface area contributed by atoms with Gasteiger partial charge in [-0.15, -0.1) is 11.8 Å². The van der Waals surface area contributed by atoms with Crippen LogP contribution in [-0.2, 0) is 11.8 Å². The standard InChI is InChI=1S/C19H19FN2O2S/c1-22-9-8-13-10-14(2-7-17(13)22)18(23)11-21-19(24)12-25-16-5-3-15(20)4-6-16/h2-10,18,23H,11-12H2,1H3,(H,21,24)/t18-/m1/s1. The maximum Gasteiger partial charge on any atom is 0.230 e. The van der Waals surface area contributed by atoms with Crippen LogP contribution >= 0.6 is 11.8 Å². The van der Waals surface area contributed by atoms with Crippen LogP contribution in [0.4, 0.5) is 4.39 Å². The number of fused-ring (bicyclic) bond motifs is 1. The molecule has 6 heteroatoms. The van der Waals surface area contributed by atoms with E-state index in [2.05, 4.69) is 5.32 Å². The van der Waals surface area contributed by atoms with Gasteiger partial charge in [-0.3, -0.25) is 4.79 Å². The van der Waals surface area contributed by atoms with Gasteiger partial charge in [-0.25, -0.2) is 4.39 Å². The van der Waals surface area contributed by atoms with E-state index in [1.54, 1.807) is 12.1 Å². The molecule has 0 bridgehead atoms. The van der Waals surface area contributed by atoms with Gasteiger partial charge in [-0.2, -0.15) is 0 Å². The maximum absolute atomic E-state index is 12.8. The van der Waals surface area contributed by atoms with E-state index in [1.165, 1.54) is 23.9 Å². The number of thioether (sulfide) groups is 1. The number of aliphatic hydroxyl groups excluding tert-OH is 1. The number of aryl methyl sites for hydroxylation is 1. The maximum atomic E-state index is 12.8. The fourth-order valence-corrected chi connectivity index (χ4v) is 3.29. The highest BCUT2D eigenvalue weighted by Gasteiger charge is 2.11. The number of amides is 1. The first-order valence-electron chi connectivity index (χ1n) is 7.91. The number of carbonyl (C=O) groups excluding carboxylic acids is 1. The van der Waals surface area contributed by atoms with Crippen LogP contribution in [0, 0.1) is 5.82 Å². The van der Waals surface area contributed by atoms with E-state index < -0.39 is 6.10 Å². The van der Waals surface area contributed by atoms with Crippen molar-refractivity contribution in [3.05, 3.63) is 66.1 Å². The minimum atomic E-state index is -0.760. The minimum absolute atomic E-state index is 0.154. The van der Waals surface area contributed by atoms with Crippen LogP contribution in [-0.4, -0.2) is 27.9 Å². The molecule has 3 rings (SSSR count). The third-order valence-electron chi connectivity index (χ3n) is 3.97. The van der Waals surface area contributed by atoms with Gasteiger partial charge in [-0.05, 0) is 53.4 Å². The highest BCUT2D eigenvalue weighted by molar-refractivity contribution is 8.00. The number of carbonyl (C=O) groups is 1. The Bertz CT molecular complexity index is 877. The van der Waals surface area contributed by atoms with Gasteiger partial charge in [0.25, 0.3) is 0 Å². The molecule has 1 amide bonds. The number of halogens is 1. The summed E-state index contributed by atoms with van der Waals surface area (Å²) in [6.45, 7) is 0.154. The molecule has 0 aliphatic carbocycles. The fraction of sp³-hybridized carbons (Fsp3) is 0.211. The lowest BCUT2D eigenvalue weighted by Crippen LogP contribution is -2.29. The normalized spacial score (nSPS) is 12.3. The van der Waals surface area contributed by atoms with Crippen molar-refractivity contribution in [3.63, 3.8) is 0 Å². The number of nitrogens with zero attached hydrogens (tertiary/aromatic N) is 1. The van der Waals surface area contributed by atoms with Gasteiger partial charge in [0.1, 0.15) is 5.82 Å². The summed E-state index contributed by atoms with van der Waals surface area (Å²) in [5.41, 5.74) is 1.86. The summed E-state index contributed by atoms with van der Waals surface area (Å²) in [6.07, 6.45) is 1.21. The summed E-state index contributed by atoms with van der Waals surface area (Å²) in [4.78, 5) is 12.7. The molecule has 0 saturated carbocycles. The van der Waals surface area contributed by atoms with Crippen LogP contribution in [0.15, 0.2) is 59.6 Å². The van der Waals surface area contributed by atoms with Crippen LogP contribution < -0.4 is 5.32 Å². The smallest absolute Gasteiger partial charge is 0.230 e. The average molecular weight is 358 g/mol. The Kier molecular flexibility index (Phi) is 5.40. The summed E-state index contributed by atoms with van der Waals surface area (Å²) < 4.78 is 14.9. The molecule has 0 aliphatic rings. The first-order valence-corrected chi connectivity index (χ1v) is 8.89. The zero-order valence-corrected chi connectivity index (χ0v) is 14.6. The second kappa shape index (κ2) is 7.72. The van der Waals surface area contributed by atoms with E-state index in [0.29, 0.717) is 0 Å². The number of hydrogen-bond acceptors (Lipinski definition) is 3. The Morgan fingerprint density at radius 3 is 2.76 bits per heavy atom. The van der Waals surface area contributed by atoms with Crippen molar-refractivity contribution in [2.24, 2.45) is 7.05 Å². The Labute approximate surface area is 149 Å². The number of hydrogen-bond donors (Lipinski definition) is 2. The van der Waals surface area contributed by atoms with Crippen molar-refractivity contribution >= 4 is 28.6 Å². The molecule has 4 nitrogen and oxygen atoms in total. The molecule has 0 unspecified atom stereocenters. The van der Waals surface area contributed by atoms with Gasteiger partial charge in [0.05, 0.1) is 11.9 Å². The summed E-state index contributed by atoms with van der Waals surface area (Å²) >= 11 is 1.33. The SMILES string of the molecule is Cn1ccc2cc([C@H](O)CNC(=O)CSc3ccc(F)cc3)ccc21.